The summed E-state index contributed by atoms with van der Waals surface area (Å²) in [5, 5.41) is 10.3. The number of hydrogen-bond acceptors (Lipinski definition) is 2. The Bertz CT molecular complexity index is 309. The number of aliphatic hydroxyl groups excluding tert-OH is 1. The predicted molar refractivity (Wildman–Crippen MR) is 66.4 cm³/mol. The van der Waals surface area contributed by atoms with E-state index in [0.717, 1.165) is 18.4 Å². The second-order valence-corrected chi connectivity index (χ2v) is 4.26. The van der Waals surface area contributed by atoms with E-state index in [9.17, 15) is 5.11 Å². The van der Waals surface area contributed by atoms with Gasteiger partial charge in [-0.3, -0.25) is 0 Å². The summed E-state index contributed by atoms with van der Waals surface area (Å²) >= 11 is 0. The molecular formula is C14H22O2. The molecule has 0 spiro atoms. The van der Waals surface area contributed by atoms with Crippen LogP contribution in [0, 0.1) is 5.92 Å². The van der Waals surface area contributed by atoms with Crippen molar-refractivity contribution in [3.05, 3.63) is 35.4 Å². The highest BCUT2D eigenvalue weighted by Crippen LogP contribution is 2.27. The van der Waals surface area contributed by atoms with Gasteiger partial charge in [0.2, 0.25) is 0 Å². The van der Waals surface area contributed by atoms with Gasteiger partial charge in [0.05, 0.1) is 6.10 Å². The standard InChI is InChI=1S/C14H22O2/c1-4-12-7-5-6-8-13(12)14(15)11(2)9-10-16-3/h5-8,11,14-15H,4,9-10H2,1-3H3. The lowest BCUT2D eigenvalue weighted by Crippen LogP contribution is -2.13. The molecule has 0 saturated heterocycles. The van der Waals surface area contributed by atoms with Gasteiger partial charge in [-0.25, -0.2) is 0 Å². The van der Waals surface area contributed by atoms with Crippen molar-refractivity contribution in [3.8, 4) is 0 Å². The second kappa shape index (κ2) is 6.66. The Morgan fingerprint density at radius 2 is 2.00 bits per heavy atom. The van der Waals surface area contributed by atoms with Gasteiger partial charge in [0.15, 0.2) is 0 Å². The van der Waals surface area contributed by atoms with E-state index in [0.29, 0.717) is 6.61 Å². The topological polar surface area (TPSA) is 29.5 Å². The molecule has 16 heavy (non-hydrogen) atoms. The Morgan fingerprint density at radius 1 is 1.31 bits per heavy atom. The fourth-order valence-corrected chi connectivity index (χ4v) is 1.91. The van der Waals surface area contributed by atoms with Crippen LogP contribution in [0.15, 0.2) is 24.3 Å². The van der Waals surface area contributed by atoms with Crippen molar-refractivity contribution in [1.82, 2.24) is 0 Å². The molecule has 0 aliphatic carbocycles. The normalized spacial score (nSPS) is 14.8. The third kappa shape index (κ3) is 3.32. The SMILES string of the molecule is CCc1ccccc1C(O)C(C)CCOC. The number of hydrogen-bond donors (Lipinski definition) is 1. The number of benzene rings is 1. The van der Waals surface area contributed by atoms with Crippen molar-refractivity contribution >= 4 is 0 Å². The van der Waals surface area contributed by atoms with Crippen LogP contribution in [0.4, 0.5) is 0 Å². The van der Waals surface area contributed by atoms with Gasteiger partial charge >= 0.3 is 0 Å². The van der Waals surface area contributed by atoms with E-state index in [1.54, 1.807) is 7.11 Å². The lowest BCUT2D eigenvalue weighted by atomic mass is 9.91. The van der Waals surface area contributed by atoms with E-state index >= 15 is 0 Å². The maximum absolute atomic E-state index is 10.3. The summed E-state index contributed by atoms with van der Waals surface area (Å²) in [5.74, 6) is 0.229. The van der Waals surface area contributed by atoms with Crippen molar-refractivity contribution in [3.63, 3.8) is 0 Å². The Morgan fingerprint density at radius 3 is 2.62 bits per heavy atom. The maximum Gasteiger partial charge on any atom is 0.0819 e. The maximum atomic E-state index is 10.3. The van der Waals surface area contributed by atoms with Crippen LogP contribution >= 0.6 is 0 Å². The van der Waals surface area contributed by atoms with Crippen molar-refractivity contribution in [2.75, 3.05) is 13.7 Å². The largest absolute Gasteiger partial charge is 0.388 e. The van der Waals surface area contributed by atoms with Gasteiger partial charge in [-0.05, 0) is 29.9 Å². The van der Waals surface area contributed by atoms with Gasteiger partial charge in [-0.2, -0.15) is 0 Å². The zero-order valence-corrected chi connectivity index (χ0v) is 10.4. The molecule has 90 valence electrons. The lowest BCUT2D eigenvalue weighted by Gasteiger charge is -2.21. The predicted octanol–water partition coefficient (Wildman–Crippen LogP) is 2.96. The average Bonchev–Trinajstić information content (AvgIpc) is 2.34. The molecule has 0 heterocycles. The molecule has 1 rings (SSSR count). The minimum atomic E-state index is -0.383. The van der Waals surface area contributed by atoms with Crippen molar-refractivity contribution < 1.29 is 9.84 Å². The highest BCUT2D eigenvalue weighted by Gasteiger charge is 2.18. The Labute approximate surface area is 98.3 Å². The Kier molecular flexibility index (Phi) is 5.50. The fraction of sp³-hybridized carbons (Fsp3) is 0.571. The molecule has 0 saturated carbocycles. The molecule has 0 aromatic heterocycles. The molecule has 0 radical (unpaired) electrons. The van der Waals surface area contributed by atoms with Crippen LogP contribution in [-0.4, -0.2) is 18.8 Å². The molecule has 1 N–H and O–H groups in total. The van der Waals surface area contributed by atoms with E-state index in [1.165, 1.54) is 5.56 Å². The number of rotatable bonds is 6. The second-order valence-electron chi connectivity index (χ2n) is 4.26. The molecule has 0 fully saturated rings. The third-order valence-electron chi connectivity index (χ3n) is 3.07. The van der Waals surface area contributed by atoms with Crippen LogP contribution in [0.25, 0.3) is 0 Å². The molecule has 0 aliphatic rings. The average molecular weight is 222 g/mol. The van der Waals surface area contributed by atoms with Crippen LogP contribution in [0.5, 0.6) is 0 Å². The summed E-state index contributed by atoms with van der Waals surface area (Å²) < 4.78 is 5.04. The van der Waals surface area contributed by atoms with E-state index in [4.69, 9.17) is 4.74 Å². The first-order valence-electron chi connectivity index (χ1n) is 5.95. The molecule has 1 aromatic carbocycles. The number of aliphatic hydroxyl groups is 1. The highest BCUT2D eigenvalue weighted by atomic mass is 16.5. The van der Waals surface area contributed by atoms with Crippen LogP contribution < -0.4 is 0 Å². The van der Waals surface area contributed by atoms with Gasteiger partial charge in [0, 0.05) is 13.7 Å². The first-order valence-corrected chi connectivity index (χ1v) is 5.95. The van der Waals surface area contributed by atoms with Gasteiger partial charge in [0.1, 0.15) is 0 Å². The monoisotopic (exact) mass is 222 g/mol. The number of ether oxygens (including phenoxy) is 1. The molecule has 0 amide bonds. The third-order valence-corrected chi connectivity index (χ3v) is 3.07. The number of methoxy groups -OCH3 is 1. The van der Waals surface area contributed by atoms with Crippen LogP contribution in [0.1, 0.15) is 37.5 Å². The molecule has 0 aliphatic heterocycles. The molecule has 2 unspecified atom stereocenters. The molecule has 2 nitrogen and oxygen atoms in total. The summed E-state index contributed by atoms with van der Waals surface area (Å²) in [6.45, 7) is 4.88. The molecule has 2 atom stereocenters. The summed E-state index contributed by atoms with van der Waals surface area (Å²) in [6, 6.07) is 8.12. The minimum Gasteiger partial charge on any atom is -0.388 e. The van der Waals surface area contributed by atoms with E-state index < -0.39 is 0 Å². The molecule has 0 bridgehead atoms. The summed E-state index contributed by atoms with van der Waals surface area (Å²) in [4.78, 5) is 0. The van der Waals surface area contributed by atoms with Gasteiger partial charge in [-0.1, -0.05) is 38.1 Å². The first-order chi connectivity index (χ1) is 7.70. The van der Waals surface area contributed by atoms with Crippen LogP contribution in [0.3, 0.4) is 0 Å². The summed E-state index contributed by atoms with van der Waals surface area (Å²) in [6.07, 6.45) is 1.46. The van der Waals surface area contributed by atoms with Crippen LogP contribution in [0.2, 0.25) is 0 Å². The van der Waals surface area contributed by atoms with Crippen LogP contribution in [-0.2, 0) is 11.2 Å². The first kappa shape index (κ1) is 13.2. The van der Waals surface area contributed by atoms with E-state index in [-0.39, 0.29) is 12.0 Å². The van der Waals surface area contributed by atoms with Gasteiger partial charge in [0.25, 0.3) is 0 Å². The minimum absolute atomic E-state index is 0.229. The summed E-state index contributed by atoms with van der Waals surface area (Å²) in [5.41, 5.74) is 2.30. The Hall–Kier alpha value is -0.860. The molecule has 2 heteroatoms. The smallest absolute Gasteiger partial charge is 0.0819 e. The molecular weight excluding hydrogens is 200 g/mol. The Balaban J connectivity index is 2.74. The van der Waals surface area contributed by atoms with E-state index in [1.807, 2.05) is 18.2 Å². The fourth-order valence-electron chi connectivity index (χ4n) is 1.91. The van der Waals surface area contributed by atoms with Gasteiger partial charge < -0.3 is 9.84 Å². The van der Waals surface area contributed by atoms with E-state index in [2.05, 4.69) is 19.9 Å². The van der Waals surface area contributed by atoms with Gasteiger partial charge in [-0.15, -0.1) is 0 Å². The zero-order valence-electron chi connectivity index (χ0n) is 10.4. The van der Waals surface area contributed by atoms with Crippen molar-refractivity contribution in [2.45, 2.75) is 32.8 Å². The van der Waals surface area contributed by atoms with Crippen molar-refractivity contribution in [1.29, 1.82) is 0 Å². The quantitative estimate of drug-likeness (QED) is 0.802. The highest BCUT2D eigenvalue weighted by molar-refractivity contribution is 5.29. The zero-order chi connectivity index (χ0) is 12.0. The number of aryl methyl sites for hydroxylation is 1. The lowest BCUT2D eigenvalue weighted by molar-refractivity contribution is 0.0880. The summed E-state index contributed by atoms with van der Waals surface area (Å²) in [7, 11) is 1.69. The molecule has 1 aromatic rings. The van der Waals surface area contributed by atoms with Crippen molar-refractivity contribution in [2.24, 2.45) is 5.92 Å².